The quantitative estimate of drug-likeness (QED) is 0.556. The van der Waals surface area contributed by atoms with Gasteiger partial charge >= 0.3 is 6.03 Å². The van der Waals surface area contributed by atoms with Crippen molar-refractivity contribution in [3.63, 3.8) is 0 Å². The molecule has 0 saturated carbocycles. The first-order valence-corrected chi connectivity index (χ1v) is 8.74. The summed E-state index contributed by atoms with van der Waals surface area (Å²) in [6.45, 7) is 4.16. The average molecular weight is 380 g/mol. The number of fused-ring (bicyclic) bond motifs is 1. The lowest BCUT2D eigenvalue weighted by Crippen LogP contribution is -2.34. The summed E-state index contributed by atoms with van der Waals surface area (Å²) in [7, 11) is 0. The Morgan fingerprint density at radius 3 is 2.29 bits per heavy atom. The molecule has 144 valence electrons. The van der Waals surface area contributed by atoms with Gasteiger partial charge in [-0.25, -0.2) is 4.79 Å². The predicted octanol–water partition coefficient (Wildman–Crippen LogP) is 2.48. The Morgan fingerprint density at radius 2 is 1.64 bits per heavy atom. The monoisotopic (exact) mass is 380 g/mol. The van der Waals surface area contributed by atoms with Crippen LogP contribution in [0.25, 0.3) is 0 Å². The molecule has 4 N–H and O–H groups in total. The van der Waals surface area contributed by atoms with Gasteiger partial charge in [-0.15, -0.1) is 0 Å². The van der Waals surface area contributed by atoms with E-state index in [1.165, 1.54) is 35.2 Å². The summed E-state index contributed by atoms with van der Waals surface area (Å²) >= 11 is 0. The summed E-state index contributed by atoms with van der Waals surface area (Å²) < 4.78 is 0. The Kier molecular flexibility index (Phi) is 5.12. The summed E-state index contributed by atoms with van der Waals surface area (Å²) in [4.78, 5) is 50.2. The number of imide groups is 2. The van der Waals surface area contributed by atoms with E-state index >= 15 is 0 Å². The zero-order chi connectivity index (χ0) is 20.4. The topological polar surface area (TPSA) is 122 Å². The van der Waals surface area contributed by atoms with Crippen molar-refractivity contribution in [3.8, 4) is 0 Å². The van der Waals surface area contributed by atoms with Crippen LogP contribution in [0.1, 0.15) is 44.9 Å². The fraction of sp³-hybridized carbons (Fsp3) is 0.200. The van der Waals surface area contributed by atoms with Crippen LogP contribution in [0.2, 0.25) is 0 Å². The number of hydrogen-bond donors (Lipinski definition) is 3. The van der Waals surface area contributed by atoms with Gasteiger partial charge in [0.25, 0.3) is 17.7 Å². The van der Waals surface area contributed by atoms with Gasteiger partial charge < -0.3 is 11.1 Å². The van der Waals surface area contributed by atoms with Gasteiger partial charge in [-0.2, -0.15) is 0 Å². The van der Waals surface area contributed by atoms with Crippen molar-refractivity contribution >= 4 is 35.1 Å². The molecule has 0 radical (unpaired) electrons. The van der Waals surface area contributed by atoms with Crippen molar-refractivity contribution in [1.82, 2.24) is 10.2 Å². The minimum atomic E-state index is -0.752. The number of nitrogens with one attached hydrogen (secondary N) is 2. The van der Waals surface area contributed by atoms with Crippen LogP contribution in [-0.2, 0) is 0 Å². The van der Waals surface area contributed by atoms with Gasteiger partial charge in [-0.3, -0.25) is 24.6 Å². The molecule has 5 amide bonds. The second-order valence-electron chi connectivity index (χ2n) is 6.91. The second-order valence-corrected chi connectivity index (χ2v) is 6.91. The van der Waals surface area contributed by atoms with Crippen molar-refractivity contribution in [2.45, 2.75) is 13.8 Å². The molecule has 8 nitrogen and oxygen atoms in total. The fourth-order valence-corrected chi connectivity index (χ4v) is 2.87. The number of urea groups is 1. The molecular weight excluding hydrogens is 360 g/mol. The van der Waals surface area contributed by atoms with Crippen molar-refractivity contribution in [2.24, 2.45) is 5.92 Å². The minimum Gasteiger partial charge on any atom is -0.399 e. The standard InChI is InChI=1S/C20H20N4O4/c1-11(2)10-24-18(26)15-8-7-14(9-16(15)19(24)27)22-20(28)23-17(25)12-3-5-13(21)6-4-12/h3-9,11H,10,21H2,1-2H3,(H2,22,23,25,28). The predicted molar refractivity (Wildman–Crippen MR) is 104 cm³/mol. The average Bonchev–Trinajstić information content (AvgIpc) is 2.86. The molecule has 0 aliphatic carbocycles. The highest BCUT2D eigenvalue weighted by Crippen LogP contribution is 2.26. The lowest BCUT2D eigenvalue weighted by Gasteiger charge is -2.15. The molecule has 2 aromatic carbocycles. The first-order valence-electron chi connectivity index (χ1n) is 8.74. The number of rotatable bonds is 4. The van der Waals surface area contributed by atoms with E-state index in [0.717, 1.165) is 0 Å². The number of carbonyl (C=O) groups excluding carboxylic acids is 4. The molecule has 2 aromatic rings. The molecular formula is C20H20N4O4. The Balaban J connectivity index is 1.69. The number of benzene rings is 2. The van der Waals surface area contributed by atoms with E-state index in [1.54, 1.807) is 12.1 Å². The van der Waals surface area contributed by atoms with E-state index in [1.807, 2.05) is 13.8 Å². The van der Waals surface area contributed by atoms with Crippen molar-refractivity contribution in [1.29, 1.82) is 0 Å². The molecule has 0 aromatic heterocycles. The number of anilines is 2. The number of nitrogens with zero attached hydrogens (tertiary/aromatic N) is 1. The van der Waals surface area contributed by atoms with Crippen LogP contribution in [-0.4, -0.2) is 35.2 Å². The highest BCUT2D eigenvalue weighted by atomic mass is 16.2. The van der Waals surface area contributed by atoms with Crippen LogP contribution in [0.3, 0.4) is 0 Å². The van der Waals surface area contributed by atoms with Crippen LogP contribution in [0.5, 0.6) is 0 Å². The van der Waals surface area contributed by atoms with Crippen molar-refractivity contribution < 1.29 is 19.2 Å². The van der Waals surface area contributed by atoms with Gasteiger partial charge in [0.15, 0.2) is 0 Å². The number of carbonyl (C=O) groups is 4. The maximum absolute atomic E-state index is 12.5. The normalized spacial score (nSPS) is 12.9. The second kappa shape index (κ2) is 7.51. The third kappa shape index (κ3) is 3.85. The molecule has 0 saturated heterocycles. The van der Waals surface area contributed by atoms with E-state index in [-0.39, 0.29) is 23.0 Å². The van der Waals surface area contributed by atoms with Gasteiger partial charge in [0.05, 0.1) is 11.1 Å². The van der Waals surface area contributed by atoms with Crippen LogP contribution in [0.15, 0.2) is 42.5 Å². The number of nitrogen functional groups attached to an aromatic ring is 1. The van der Waals surface area contributed by atoms with E-state index in [9.17, 15) is 19.2 Å². The molecule has 1 aliphatic heterocycles. The number of amides is 5. The van der Waals surface area contributed by atoms with Gasteiger partial charge in [-0.1, -0.05) is 13.8 Å². The minimum absolute atomic E-state index is 0.143. The molecule has 1 heterocycles. The first kappa shape index (κ1) is 19.1. The Hall–Kier alpha value is -3.68. The van der Waals surface area contributed by atoms with Crippen LogP contribution >= 0.6 is 0 Å². The Morgan fingerprint density at radius 1 is 1.00 bits per heavy atom. The smallest absolute Gasteiger partial charge is 0.326 e. The van der Waals surface area contributed by atoms with Crippen molar-refractivity contribution in [3.05, 3.63) is 59.2 Å². The summed E-state index contributed by atoms with van der Waals surface area (Å²) in [6, 6.07) is 9.80. The third-order valence-electron chi connectivity index (χ3n) is 4.18. The number of nitrogens with two attached hydrogens (primary N) is 1. The molecule has 3 rings (SSSR count). The molecule has 28 heavy (non-hydrogen) atoms. The lowest BCUT2D eigenvalue weighted by atomic mass is 10.1. The molecule has 1 aliphatic rings. The van der Waals surface area contributed by atoms with E-state index in [4.69, 9.17) is 5.73 Å². The molecule has 0 unspecified atom stereocenters. The first-order chi connectivity index (χ1) is 13.3. The molecule has 8 heteroatoms. The molecule has 0 bridgehead atoms. The zero-order valence-corrected chi connectivity index (χ0v) is 15.5. The Labute approximate surface area is 161 Å². The summed E-state index contributed by atoms with van der Waals surface area (Å²) in [5.74, 6) is -1.18. The van der Waals surface area contributed by atoms with Crippen LogP contribution < -0.4 is 16.4 Å². The van der Waals surface area contributed by atoms with Crippen LogP contribution in [0.4, 0.5) is 16.2 Å². The Bertz CT molecular complexity index is 967. The van der Waals surface area contributed by atoms with Crippen LogP contribution in [0, 0.1) is 5.92 Å². The lowest BCUT2D eigenvalue weighted by molar-refractivity contribution is 0.0635. The maximum Gasteiger partial charge on any atom is 0.326 e. The van der Waals surface area contributed by atoms with Gasteiger partial charge in [0.1, 0.15) is 0 Å². The van der Waals surface area contributed by atoms with Gasteiger partial charge in [0.2, 0.25) is 0 Å². The summed E-state index contributed by atoms with van der Waals surface area (Å²) in [5.41, 5.74) is 7.18. The third-order valence-corrected chi connectivity index (χ3v) is 4.18. The largest absolute Gasteiger partial charge is 0.399 e. The highest BCUT2D eigenvalue weighted by Gasteiger charge is 2.35. The SMILES string of the molecule is CC(C)CN1C(=O)c2ccc(NC(=O)NC(=O)c3ccc(N)cc3)cc2C1=O. The molecule has 0 fully saturated rings. The molecule has 0 spiro atoms. The molecule has 0 atom stereocenters. The van der Waals surface area contributed by atoms with Gasteiger partial charge in [-0.05, 0) is 48.4 Å². The highest BCUT2D eigenvalue weighted by molar-refractivity contribution is 6.22. The van der Waals surface area contributed by atoms with Gasteiger partial charge in [0, 0.05) is 23.5 Å². The zero-order valence-electron chi connectivity index (χ0n) is 15.5. The van der Waals surface area contributed by atoms with E-state index in [2.05, 4.69) is 10.6 Å². The van der Waals surface area contributed by atoms with Crippen molar-refractivity contribution in [2.75, 3.05) is 17.6 Å². The number of hydrogen-bond acceptors (Lipinski definition) is 5. The fourth-order valence-electron chi connectivity index (χ4n) is 2.87. The maximum atomic E-state index is 12.5. The van der Waals surface area contributed by atoms with E-state index in [0.29, 0.717) is 23.5 Å². The van der Waals surface area contributed by atoms with E-state index < -0.39 is 17.8 Å². The summed E-state index contributed by atoms with van der Waals surface area (Å²) in [5, 5.41) is 4.69. The summed E-state index contributed by atoms with van der Waals surface area (Å²) in [6.07, 6.45) is 0.